The van der Waals surface area contributed by atoms with Crippen molar-refractivity contribution < 1.29 is 9.84 Å². The summed E-state index contributed by atoms with van der Waals surface area (Å²) in [5, 5.41) is 13.2. The van der Waals surface area contributed by atoms with Crippen molar-refractivity contribution in [2.45, 2.75) is 46.6 Å². The topological polar surface area (TPSA) is 41.5 Å². The van der Waals surface area contributed by atoms with Crippen LogP contribution in [-0.4, -0.2) is 30.9 Å². The Labute approximate surface area is 123 Å². The summed E-state index contributed by atoms with van der Waals surface area (Å²) in [7, 11) is 0. The van der Waals surface area contributed by atoms with Crippen LogP contribution in [0, 0.1) is 12.8 Å². The lowest BCUT2D eigenvalue weighted by molar-refractivity contribution is 0.105. The third-order valence-electron chi connectivity index (χ3n) is 3.15. The average molecular weight is 279 g/mol. The lowest BCUT2D eigenvalue weighted by Crippen LogP contribution is -2.33. The SMILES string of the molecule is Cc1ccc(C(C)C)c(OCC(O)CNCC(C)C)c1. The second-order valence-electron chi connectivity index (χ2n) is 6.21. The predicted molar refractivity (Wildman–Crippen MR) is 84.5 cm³/mol. The molecule has 0 amide bonds. The zero-order valence-corrected chi connectivity index (χ0v) is 13.4. The van der Waals surface area contributed by atoms with Gasteiger partial charge in [0.1, 0.15) is 18.5 Å². The summed E-state index contributed by atoms with van der Waals surface area (Å²) < 4.78 is 5.81. The number of nitrogens with one attached hydrogen (secondary N) is 1. The fourth-order valence-electron chi connectivity index (χ4n) is 2.03. The van der Waals surface area contributed by atoms with Gasteiger partial charge in [0.25, 0.3) is 0 Å². The highest BCUT2D eigenvalue weighted by atomic mass is 16.5. The summed E-state index contributed by atoms with van der Waals surface area (Å²) in [4.78, 5) is 0. The molecular formula is C17H29NO2. The molecule has 1 aromatic carbocycles. The fraction of sp³-hybridized carbons (Fsp3) is 0.647. The summed E-state index contributed by atoms with van der Waals surface area (Å²) in [6.07, 6.45) is -0.478. The summed E-state index contributed by atoms with van der Waals surface area (Å²) >= 11 is 0. The standard InChI is InChI=1S/C17H29NO2/c1-12(2)9-18-10-15(19)11-20-17-8-14(5)6-7-16(17)13(3)4/h6-8,12-13,15,18-19H,9-11H2,1-5H3. The molecule has 0 fully saturated rings. The monoisotopic (exact) mass is 279 g/mol. The van der Waals surface area contributed by atoms with E-state index in [9.17, 15) is 5.11 Å². The Hall–Kier alpha value is -1.06. The Bertz CT molecular complexity index is 402. The van der Waals surface area contributed by atoms with E-state index in [0.717, 1.165) is 12.3 Å². The molecule has 0 aromatic heterocycles. The first-order valence-electron chi connectivity index (χ1n) is 7.52. The van der Waals surface area contributed by atoms with Crippen LogP contribution in [0.25, 0.3) is 0 Å². The number of hydrogen-bond donors (Lipinski definition) is 2. The molecule has 0 aliphatic heterocycles. The smallest absolute Gasteiger partial charge is 0.123 e. The van der Waals surface area contributed by atoms with Gasteiger partial charge in [0.2, 0.25) is 0 Å². The van der Waals surface area contributed by atoms with Crippen molar-refractivity contribution in [1.82, 2.24) is 5.32 Å². The fourth-order valence-corrected chi connectivity index (χ4v) is 2.03. The van der Waals surface area contributed by atoms with Crippen LogP contribution < -0.4 is 10.1 Å². The molecule has 2 N–H and O–H groups in total. The van der Waals surface area contributed by atoms with Crippen LogP contribution in [0.4, 0.5) is 0 Å². The third kappa shape index (κ3) is 5.93. The number of ether oxygens (including phenoxy) is 1. The van der Waals surface area contributed by atoms with Gasteiger partial charge in [-0.15, -0.1) is 0 Å². The zero-order chi connectivity index (χ0) is 15.1. The highest BCUT2D eigenvalue weighted by Gasteiger charge is 2.11. The lowest BCUT2D eigenvalue weighted by atomic mass is 10.0. The molecule has 1 rings (SSSR count). The van der Waals surface area contributed by atoms with Gasteiger partial charge >= 0.3 is 0 Å². The molecule has 0 aliphatic rings. The normalized spacial score (nSPS) is 13.0. The van der Waals surface area contributed by atoms with Gasteiger partial charge in [0.15, 0.2) is 0 Å². The van der Waals surface area contributed by atoms with Crippen LogP contribution in [0.3, 0.4) is 0 Å². The molecule has 0 spiro atoms. The Morgan fingerprint density at radius 2 is 1.85 bits per heavy atom. The maximum Gasteiger partial charge on any atom is 0.123 e. The first-order valence-corrected chi connectivity index (χ1v) is 7.52. The van der Waals surface area contributed by atoms with E-state index in [1.807, 2.05) is 6.07 Å². The molecular weight excluding hydrogens is 250 g/mol. The minimum absolute atomic E-state index is 0.328. The molecule has 1 unspecified atom stereocenters. The van der Waals surface area contributed by atoms with Crippen molar-refractivity contribution >= 4 is 0 Å². The summed E-state index contributed by atoms with van der Waals surface area (Å²) in [6.45, 7) is 12.5. The Balaban J connectivity index is 2.50. The number of aliphatic hydroxyl groups is 1. The van der Waals surface area contributed by atoms with Crippen LogP contribution in [0.1, 0.15) is 44.7 Å². The highest BCUT2D eigenvalue weighted by Crippen LogP contribution is 2.27. The van der Waals surface area contributed by atoms with E-state index in [-0.39, 0.29) is 0 Å². The van der Waals surface area contributed by atoms with E-state index >= 15 is 0 Å². The number of hydrogen-bond acceptors (Lipinski definition) is 3. The van der Waals surface area contributed by atoms with Gasteiger partial charge in [-0.05, 0) is 42.5 Å². The molecule has 1 atom stereocenters. The molecule has 3 heteroatoms. The van der Waals surface area contributed by atoms with Gasteiger partial charge in [-0.3, -0.25) is 0 Å². The molecule has 0 radical (unpaired) electrons. The number of aliphatic hydroxyl groups excluding tert-OH is 1. The molecule has 0 heterocycles. The first kappa shape index (κ1) is 17.0. The van der Waals surface area contributed by atoms with Crippen LogP contribution in [0.2, 0.25) is 0 Å². The minimum Gasteiger partial charge on any atom is -0.491 e. The molecule has 20 heavy (non-hydrogen) atoms. The van der Waals surface area contributed by atoms with Crippen molar-refractivity contribution in [2.75, 3.05) is 19.7 Å². The Kier molecular flexibility index (Phi) is 7.03. The van der Waals surface area contributed by atoms with Crippen LogP contribution in [0.5, 0.6) is 5.75 Å². The van der Waals surface area contributed by atoms with Crippen LogP contribution in [0.15, 0.2) is 18.2 Å². The summed E-state index contributed by atoms with van der Waals surface area (Å²) in [5.74, 6) is 1.90. The number of rotatable bonds is 8. The van der Waals surface area contributed by atoms with Crippen LogP contribution in [-0.2, 0) is 0 Å². The molecule has 114 valence electrons. The molecule has 1 aromatic rings. The molecule has 0 aliphatic carbocycles. The van der Waals surface area contributed by atoms with E-state index in [2.05, 4.69) is 52.1 Å². The van der Waals surface area contributed by atoms with Crippen molar-refractivity contribution in [3.05, 3.63) is 29.3 Å². The van der Waals surface area contributed by atoms with Crippen LogP contribution >= 0.6 is 0 Å². The quantitative estimate of drug-likeness (QED) is 0.768. The third-order valence-corrected chi connectivity index (χ3v) is 3.15. The molecule has 3 nitrogen and oxygen atoms in total. The maximum absolute atomic E-state index is 9.93. The van der Waals surface area contributed by atoms with E-state index < -0.39 is 6.10 Å². The van der Waals surface area contributed by atoms with E-state index in [4.69, 9.17) is 4.74 Å². The Morgan fingerprint density at radius 1 is 1.15 bits per heavy atom. The molecule has 0 saturated carbocycles. The average Bonchev–Trinajstić information content (AvgIpc) is 2.35. The van der Waals surface area contributed by atoms with Gasteiger partial charge in [0.05, 0.1) is 0 Å². The van der Waals surface area contributed by atoms with Crippen molar-refractivity contribution in [2.24, 2.45) is 5.92 Å². The lowest BCUT2D eigenvalue weighted by Gasteiger charge is -2.18. The van der Waals surface area contributed by atoms with Gasteiger partial charge in [0, 0.05) is 6.54 Å². The van der Waals surface area contributed by atoms with Crippen molar-refractivity contribution in [1.29, 1.82) is 0 Å². The van der Waals surface area contributed by atoms with Gasteiger partial charge in [-0.1, -0.05) is 39.8 Å². The zero-order valence-electron chi connectivity index (χ0n) is 13.4. The van der Waals surface area contributed by atoms with Crippen molar-refractivity contribution in [3.63, 3.8) is 0 Å². The first-order chi connectivity index (χ1) is 9.40. The maximum atomic E-state index is 9.93. The number of benzene rings is 1. The molecule has 0 bridgehead atoms. The van der Waals surface area contributed by atoms with Gasteiger partial charge < -0.3 is 15.2 Å². The molecule has 0 saturated heterocycles. The Morgan fingerprint density at radius 3 is 2.45 bits per heavy atom. The predicted octanol–water partition coefficient (Wildman–Crippen LogP) is 3.10. The minimum atomic E-state index is -0.478. The number of aryl methyl sites for hydroxylation is 1. The summed E-state index contributed by atoms with van der Waals surface area (Å²) in [5.41, 5.74) is 2.37. The van der Waals surface area contributed by atoms with E-state index in [1.165, 1.54) is 11.1 Å². The summed E-state index contributed by atoms with van der Waals surface area (Å²) in [6, 6.07) is 6.26. The van der Waals surface area contributed by atoms with Crippen molar-refractivity contribution in [3.8, 4) is 5.75 Å². The van der Waals surface area contributed by atoms with E-state index in [1.54, 1.807) is 0 Å². The van der Waals surface area contributed by atoms with Gasteiger partial charge in [-0.25, -0.2) is 0 Å². The largest absolute Gasteiger partial charge is 0.491 e. The van der Waals surface area contributed by atoms with E-state index in [0.29, 0.717) is 25.0 Å². The second kappa shape index (κ2) is 8.28. The second-order valence-corrected chi connectivity index (χ2v) is 6.21. The highest BCUT2D eigenvalue weighted by molar-refractivity contribution is 5.39. The van der Waals surface area contributed by atoms with Gasteiger partial charge in [-0.2, -0.15) is 0 Å².